The van der Waals surface area contributed by atoms with Crippen LogP contribution in [0.25, 0.3) is 0 Å². The number of rotatable bonds is 7. The number of esters is 1. The maximum Gasteiger partial charge on any atom is 0.307 e. The third-order valence-corrected chi connectivity index (χ3v) is 2.58. The average Bonchev–Trinajstić information content (AvgIpc) is 3.07. The normalized spacial score (nSPS) is 14.6. The molecule has 1 saturated carbocycles. The Hall–Kier alpha value is -1.10. The minimum absolute atomic E-state index is 0.0892. The molecule has 0 aromatic heterocycles. The molecule has 5 nitrogen and oxygen atoms in total. The second-order valence-corrected chi connectivity index (χ2v) is 3.97. The Bertz CT molecular complexity index is 252. The molecule has 0 heterocycles. The van der Waals surface area contributed by atoms with Gasteiger partial charge in [0.2, 0.25) is 5.91 Å². The van der Waals surface area contributed by atoms with Crippen LogP contribution in [0.5, 0.6) is 0 Å². The van der Waals surface area contributed by atoms with Crippen molar-refractivity contribution in [2.45, 2.75) is 32.2 Å². The molecular weight excluding hydrogens is 208 g/mol. The van der Waals surface area contributed by atoms with Gasteiger partial charge in [-0.1, -0.05) is 0 Å². The summed E-state index contributed by atoms with van der Waals surface area (Å²) in [4.78, 5) is 24.3. The molecule has 1 fully saturated rings. The summed E-state index contributed by atoms with van der Waals surface area (Å²) < 4.78 is 4.77. The number of hydrogen-bond donors (Lipinski definition) is 1. The van der Waals surface area contributed by atoms with Gasteiger partial charge < -0.3 is 15.0 Å². The van der Waals surface area contributed by atoms with E-state index in [1.165, 1.54) is 0 Å². The summed E-state index contributed by atoms with van der Waals surface area (Å²) in [6.07, 6.45) is 2.55. The summed E-state index contributed by atoms with van der Waals surface area (Å²) in [5, 5.41) is 2.95. The lowest BCUT2D eigenvalue weighted by Gasteiger charge is -2.16. The minimum Gasteiger partial charge on any atom is -0.466 e. The monoisotopic (exact) mass is 228 g/mol. The first-order valence-corrected chi connectivity index (χ1v) is 5.77. The standard InChI is InChI=1S/C11H20N2O3/c1-3-16-11(15)6-7-12-8-10(14)13(2)9-4-5-9/h9,12H,3-8H2,1-2H3. The molecule has 1 aliphatic rings. The molecule has 0 aromatic rings. The summed E-state index contributed by atoms with van der Waals surface area (Å²) in [7, 11) is 1.83. The van der Waals surface area contributed by atoms with Gasteiger partial charge in [0.1, 0.15) is 0 Å². The van der Waals surface area contributed by atoms with E-state index in [-0.39, 0.29) is 11.9 Å². The number of carbonyl (C=O) groups is 2. The molecule has 1 N–H and O–H groups in total. The fourth-order valence-corrected chi connectivity index (χ4v) is 1.41. The molecule has 0 spiro atoms. The van der Waals surface area contributed by atoms with Crippen molar-refractivity contribution < 1.29 is 14.3 Å². The minimum atomic E-state index is -0.224. The first-order valence-electron chi connectivity index (χ1n) is 5.77. The molecule has 0 radical (unpaired) electrons. The zero-order valence-electron chi connectivity index (χ0n) is 9.99. The highest BCUT2D eigenvalue weighted by Crippen LogP contribution is 2.24. The van der Waals surface area contributed by atoms with Gasteiger partial charge in [0, 0.05) is 19.6 Å². The summed E-state index contributed by atoms with van der Waals surface area (Å²) >= 11 is 0. The number of likely N-dealkylation sites (N-methyl/N-ethyl adjacent to an activating group) is 1. The Morgan fingerprint density at radius 3 is 2.69 bits per heavy atom. The van der Waals surface area contributed by atoms with Crippen LogP contribution in [-0.2, 0) is 14.3 Å². The number of amides is 1. The molecule has 16 heavy (non-hydrogen) atoms. The van der Waals surface area contributed by atoms with Crippen molar-refractivity contribution in [3.05, 3.63) is 0 Å². The quantitative estimate of drug-likeness (QED) is 0.498. The van der Waals surface area contributed by atoms with E-state index in [4.69, 9.17) is 4.74 Å². The first-order chi connectivity index (χ1) is 7.65. The highest BCUT2D eigenvalue weighted by molar-refractivity contribution is 5.78. The zero-order valence-corrected chi connectivity index (χ0v) is 9.99. The second-order valence-electron chi connectivity index (χ2n) is 3.97. The van der Waals surface area contributed by atoms with Gasteiger partial charge in [0.15, 0.2) is 0 Å². The fourth-order valence-electron chi connectivity index (χ4n) is 1.41. The zero-order chi connectivity index (χ0) is 12.0. The molecule has 0 atom stereocenters. The predicted molar refractivity (Wildman–Crippen MR) is 59.9 cm³/mol. The topological polar surface area (TPSA) is 58.6 Å². The highest BCUT2D eigenvalue weighted by atomic mass is 16.5. The lowest BCUT2D eigenvalue weighted by molar-refractivity contribution is -0.143. The van der Waals surface area contributed by atoms with Gasteiger partial charge in [-0.3, -0.25) is 9.59 Å². The number of carbonyl (C=O) groups excluding carboxylic acids is 2. The fraction of sp³-hybridized carbons (Fsp3) is 0.818. The van der Waals surface area contributed by atoms with Gasteiger partial charge in [-0.05, 0) is 19.8 Å². The van der Waals surface area contributed by atoms with Crippen molar-refractivity contribution in [2.75, 3.05) is 26.7 Å². The Morgan fingerprint density at radius 1 is 1.44 bits per heavy atom. The Labute approximate surface area is 96.1 Å². The molecule has 0 saturated heterocycles. The Morgan fingerprint density at radius 2 is 2.12 bits per heavy atom. The van der Waals surface area contributed by atoms with Crippen LogP contribution in [0.15, 0.2) is 0 Å². The third kappa shape index (κ3) is 4.61. The van der Waals surface area contributed by atoms with Gasteiger partial charge in [-0.15, -0.1) is 0 Å². The number of ether oxygens (including phenoxy) is 1. The molecule has 92 valence electrons. The van der Waals surface area contributed by atoms with E-state index < -0.39 is 0 Å². The van der Waals surface area contributed by atoms with Crippen LogP contribution in [0.2, 0.25) is 0 Å². The summed E-state index contributed by atoms with van der Waals surface area (Å²) in [5.41, 5.74) is 0. The molecular formula is C11H20N2O3. The van der Waals surface area contributed by atoms with E-state index in [0.717, 1.165) is 12.8 Å². The maximum absolute atomic E-state index is 11.5. The summed E-state index contributed by atoms with van der Waals surface area (Å²) in [5.74, 6) is -0.135. The van der Waals surface area contributed by atoms with E-state index >= 15 is 0 Å². The molecule has 5 heteroatoms. The molecule has 1 amide bonds. The van der Waals surface area contributed by atoms with Crippen molar-refractivity contribution in [3.63, 3.8) is 0 Å². The SMILES string of the molecule is CCOC(=O)CCNCC(=O)N(C)C1CC1. The van der Waals surface area contributed by atoms with Gasteiger partial charge in [-0.25, -0.2) is 0 Å². The average molecular weight is 228 g/mol. The smallest absolute Gasteiger partial charge is 0.307 e. The van der Waals surface area contributed by atoms with Crippen LogP contribution in [0.3, 0.4) is 0 Å². The van der Waals surface area contributed by atoms with Crippen LogP contribution < -0.4 is 5.32 Å². The highest BCUT2D eigenvalue weighted by Gasteiger charge is 2.28. The molecule has 1 aliphatic carbocycles. The van der Waals surface area contributed by atoms with Crippen molar-refractivity contribution in [1.82, 2.24) is 10.2 Å². The van der Waals surface area contributed by atoms with Crippen molar-refractivity contribution in [1.29, 1.82) is 0 Å². The van der Waals surface area contributed by atoms with E-state index in [2.05, 4.69) is 5.32 Å². The van der Waals surface area contributed by atoms with Gasteiger partial charge in [0.05, 0.1) is 19.6 Å². The van der Waals surface area contributed by atoms with E-state index in [9.17, 15) is 9.59 Å². The van der Waals surface area contributed by atoms with Gasteiger partial charge >= 0.3 is 5.97 Å². The lowest BCUT2D eigenvalue weighted by atomic mass is 10.4. The molecule has 0 unspecified atom stereocenters. The molecule has 0 aliphatic heterocycles. The van der Waals surface area contributed by atoms with Gasteiger partial charge in [-0.2, -0.15) is 0 Å². The number of hydrogen-bond acceptors (Lipinski definition) is 4. The Balaban J connectivity index is 2.01. The predicted octanol–water partition coefficient (Wildman–Crippen LogP) is 0.150. The molecule has 0 aromatic carbocycles. The maximum atomic E-state index is 11.5. The van der Waals surface area contributed by atoms with Crippen molar-refractivity contribution in [2.24, 2.45) is 0 Å². The van der Waals surface area contributed by atoms with Crippen LogP contribution in [0.4, 0.5) is 0 Å². The Kier molecular flexibility index (Phi) is 5.25. The third-order valence-electron chi connectivity index (χ3n) is 2.58. The number of nitrogens with one attached hydrogen (secondary N) is 1. The summed E-state index contributed by atoms with van der Waals surface area (Å²) in [6.45, 7) is 2.97. The van der Waals surface area contributed by atoms with Crippen molar-refractivity contribution in [3.8, 4) is 0 Å². The van der Waals surface area contributed by atoms with Crippen LogP contribution in [0, 0.1) is 0 Å². The molecule has 0 bridgehead atoms. The summed E-state index contributed by atoms with van der Waals surface area (Å²) in [6, 6.07) is 0.444. The van der Waals surface area contributed by atoms with Crippen LogP contribution in [0.1, 0.15) is 26.2 Å². The van der Waals surface area contributed by atoms with E-state index in [0.29, 0.717) is 32.2 Å². The van der Waals surface area contributed by atoms with E-state index in [1.54, 1.807) is 11.8 Å². The van der Waals surface area contributed by atoms with Crippen LogP contribution >= 0.6 is 0 Å². The first kappa shape index (κ1) is 13.0. The molecule has 1 rings (SSSR count). The second kappa shape index (κ2) is 6.48. The van der Waals surface area contributed by atoms with E-state index in [1.807, 2.05) is 7.05 Å². The number of nitrogens with zero attached hydrogens (tertiary/aromatic N) is 1. The van der Waals surface area contributed by atoms with Gasteiger partial charge in [0.25, 0.3) is 0 Å². The van der Waals surface area contributed by atoms with Crippen LogP contribution in [-0.4, -0.2) is 49.6 Å². The largest absolute Gasteiger partial charge is 0.466 e. The lowest BCUT2D eigenvalue weighted by Crippen LogP contribution is -2.37. The van der Waals surface area contributed by atoms with Crippen molar-refractivity contribution >= 4 is 11.9 Å².